The van der Waals surface area contributed by atoms with E-state index >= 15 is 0 Å². The number of hydrogen-bond acceptors (Lipinski definition) is 1. The highest BCUT2D eigenvalue weighted by atomic mass is 16.4. The zero-order chi connectivity index (χ0) is 19.7. The zero-order valence-electron chi connectivity index (χ0n) is 18.5. The normalized spacial score (nSPS) is 13.1. The molecule has 0 aliphatic carbocycles. The maximum Gasteiger partial charge on any atom is 0.309 e. The van der Waals surface area contributed by atoms with Crippen molar-refractivity contribution in [3.63, 3.8) is 0 Å². The molecule has 0 aromatic rings. The monoisotopic (exact) mass is 368 g/mol. The van der Waals surface area contributed by atoms with Gasteiger partial charge in [0.25, 0.3) is 0 Å². The van der Waals surface area contributed by atoms with Crippen LogP contribution >= 0.6 is 0 Å². The Morgan fingerprint density at radius 1 is 0.654 bits per heavy atom. The van der Waals surface area contributed by atoms with Crippen LogP contribution in [0.15, 0.2) is 0 Å². The minimum atomic E-state index is -0.554. The molecule has 0 fully saturated rings. The zero-order valence-corrected chi connectivity index (χ0v) is 18.5. The summed E-state index contributed by atoms with van der Waals surface area (Å²) < 4.78 is 0. The molecule has 2 heteroatoms. The fraction of sp³-hybridized carbons (Fsp3) is 0.958. The molecule has 0 aliphatic rings. The molecule has 2 nitrogen and oxygen atoms in total. The molecule has 0 heterocycles. The molecule has 0 saturated heterocycles. The second kappa shape index (κ2) is 16.6. The molecule has 0 aromatic carbocycles. The summed E-state index contributed by atoms with van der Waals surface area (Å²) in [5.41, 5.74) is -0.494. The Bertz CT molecular complexity index is 320. The first-order valence-electron chi connectivity index (χ1n) is 11.8. The first kappa shape index (κ1) is 25.5. The van der Waals surface area contributed by atoms with Crippen molar-refractivity contribution in [2.75, 3.05) is 0 Å². The van der Waals surface area contributed by atoms with E-state index in [-0.39, 0.29) is 0 Å². The number of carboxylic acid groups (broad SMARTS) is 1. The van der Waals surface area contributed by atoms with Crippen LogP contribution in [0.25, 0.3) is 0 Å². The first-order chi connectivity index (χ1) is 12.6. The van der Waals surface area contributed by atoms with Gasteiger partial charge in [0, 0.05) is 0 Å². The van der Waals surface area contributed by atoms with Crippen LogP contribution in [0.3, 0.4) is 0 Å². The van der Waals surface area contributed by atoms with Crippen LogP contribution < -0.4 is 0 Å². The number of unbranched alkanes of at least 4 members (excludes halogenated alkanes) is 11. The van der Waals surface area contributed by atoms with E-state index in [4.69, 9.17) is 0 Å². The predicted octanol–water partition coefficient (Wildman–Crippen LogP) is 8.38. The van der Waals surface area contributed by atoms with Gasteiger partial charge in [0.05, 0.1) is 5.41 Å². The second-order valence-corrected chi connectivity index (χ2v) is 8.33. The topological polar surface area (TPSA) is 37.3 Å². The number of aliphatic carboxylic acids is 1. The van der Waals surface area contributed by atoms with Crippen LogP contribution in [0.4, 0.5) is 0 Å². The van der Waals surface area contributed by atoms with Gasteiger partial charge in [0.1, 0.15) is 0 Å². The van der Waals surface area contributed by atoms with Gasteiger partial charge >= 0.3 is 5.97 Å². The standard InChI is InChI=1S/C24H48O2/c1-5-9-11-13-15-17-19-21-22(20-18-16-14-12-10-6-2)24(7-3,8-4)23(25)26/h22H,5-21H2,1-4H3,(H,25,26). The molecule has 0 radical (unpaired) electrons. The lowest BCUT2D eigenvalue weighted by atomic mass is 9.67. The summed E-state index contributed by atoms with van der Waals surface area (Å²) in [5.74, 6) is -0.196. The van der Waals surface area contributed by atoms with Crippen LogP contribution in [0, 0.1) is 11.3 Å². The molecule has 0 aliphatic heterocycles. The predicted molar refractivity (Wildman–Crippen MR) is 115 cm³/mol. The molecule has 0 saturated carbocycles. The van der Waals surface area contributed by atoms with Gasteiger partial charge in [0.2, 0.25) is 0 Å². The summed E-state index contributed by atoms with van der Waals surface area (Å²) >= 11 is 0. The Balaban J connectivity index is 4.46. The van der Waals surface area contributed by atoms with Crippen LogP contribution in [-0.2, 0) is 4.79 Å². The number of rotatable bonds is 19. The minimum Gasteiger partial charge on any atom is -0.481 e. The van der Waals surface area contributed by atoms with Crippen molar-refractivity contribution in [1.29, 1.82) is 0 Å². The lowest BCUT2D eigenvalue weighted by Crippen LogP contribution is -2.38. The van der Waals surface area contributed by atoms with Crippen LogP contribution in [-0.4, -0.2) is 11.1 Å². The Hall–Kier alpha value is -0.530. The third kappa shape index (κ3) is 9.97. The summed E-state index contributed by atoms with van der Waals surface area (Å²) in [6, 6.07) is 0. The van der Waals surface area contributed by atoms with Crippen molar-refractivity contribution in [1.82, 2.24) is 0 Å². The van der Waals surface area contributed by atoms with E-state index in [1.54, 1.807) is 0 Å². The average molecular weight is 369 g/mol. The fourth-order valence-electron chi connectivity index (χ4n) is 4.52. The summed E-state index contributed by atoms with van der Waals surface area (Å²) in [6.07, 6.45) is 20.7. The van der Waals surface area contributed by atoms with Crippen LogP contribution in [0.5, 0.6) is 0 Å². The van der Waals surface area contributed by atoms with Gasteiger partial charge in [-0.3, -0.25) is 4.79 Å². The highest BCUT2D eigenvalue weighted by molar-refractivity contribution is 5.74. The van der Waals surface area contributed by atoms with E-state index in [0.29, 0.717) is 5.92 Å². The number of carboxylic acids is 1. The van der Waals surface area contributed by atoms with Crippen molar-refractivity contribution in [3.05, 3.63) is 0 Å². The lowest BCUT2D eigenvalue weighted by Gasteiger charge is -2.36. The molecule has 0 aromatic heterocycles. The highest BCUT2D eigenvalue weighted by Crippen LogP contribution is 2.42. The summed E-state index contributed by atoms with van der Waals surface area (Å²) in [7, 11) is 0. The Kier molecular flexibility index (Phi) is 16.3. The molecule has 26 heavy (non-hydrogen) atoms. The van der Waals surface area contributed by atoms with Crippen molar-refractivity contribution in [3.8, 4) is 0 Å². The van der Waals surface area contributed by atoms with Gasteiger partial charge in [-0.2, -0.15) is 0 Å². The first-order valence-corrected chi connectivity index (χ1v) is 11.8. The quantitative estimate of drug-likeness (QED) is 0.232. The molecule has 1 atom stereocenters. The van der Waals surface area contributed by atoms with Gasteiger partial charge in [-0.05, 0) is 31.6 Å². The van der Waals surface area contributed by atoms with Gasteiger partial charge in [-0.1, -0.05) is 111 Å². The summed E-state index contributed by atoms with van der Waals surface area (Å²) in [5, 5.41) is 9.97. The molecular weight excluding hydrogens is 320 g/mol. The van der Waals surface area contributed by atoms with Gasteiger partial charge in [-0.25, -0.2) is 0 Å². The molecule has 0 bridgehead atoms. The number of carbonyl (C=O) groups is 1. The highest BCUT2D eigenvalue weighted by Gasteiger charge is 2.41. The molecule has 0 amide bonds. The van der Waals surface area contributed by atoms with E-state index in [2.05, 4.69) is 27.7 Å². The van der Waals surface area contributed by atoms with E-state index in [1.165, 1.54) is 83.5 Å². The van der Waals surface area contributed by atoms with Crippen molar-refractivity contribution < 1.29 is 9.90 Å². The molecule has 0 spiro atoms. The summed E-state index contributed by atoms with van der Waals surface area (Å²) in [6.45, 7) is 8.67. The third-order valence-electron chi connectivity index (χ3n) is 6.53. The molecule has 1 unspecified atom stereocenters. The third-order valence-corrected chi connectivity index (χ3v) is 6.53. The SMILES string of the molecule is CCCCCCCCCC(CCCCCCCC)C(CC)(CC)C(=O)O. The van der Waals surface area contributed by atoms with Crippen LogP contribution in [0.2, 0.25) is 0 Å². The maximum absolute atomic E-state index is 12.1. The van der Waals surface area contributed by atoms with Crippen molar-refractivity contribution in [2.45, 2.75) is 137 Å². The van der Waals surface area contributed by atoms with E-state index < -0.39 is 11.4 Å². The smallest absolute Gasteiger partial charge is 0.309 e. The van der Waals surface area contributed by atoms with E-state index in [9.17, 15) is 9.90 Å². The lowest BCUT2D eigenvalue weighted by molar-refractivity contribution is -0.154. The molecule has 1 N–H and O–H groups in total. The van der Waals surface area contributed by atoms with E-state index in [0.717, 1.165) is 25.7 Å². The van der Waals surface area contributed by atoms with Gasteiger partial charge in [-0.15, -0.1) is 0 Å². The Morgan fingerprint density at radius 2 is 1.00 bits per heavy atom. The van der Waals surface area contributed by atoms with E-state index in [1.807, 2.05) is 0 Å². The second-order valence-electron chi connectivity index (χ2n) is 8.33. The Morgan fingerprint density at radius 3 is 1.31 bits per heavy atom. The van der Waals surface area contributed by atoms with Crippen LogP contribution in [0.1, 0.15) is 137 Å². The fourth-order valence-corrected chi connectivity index (χ4v) is 4.52. The van der Waals surface area contributed by atoms with Crippen molar-refractivity contribution >= 4 is 5.97 Å². The van der Waals surface area contributed by atoms with Gasteiger partial charge in [0.15, 0.2) is 0 Å². The largest absolute Gasteiger partial charge is 0.481 e. The number of hydrogen-bond donors (Lipinski definition) is 1. The average Bonchev–Trinajstić information content (AvgIpc) is 2.64. The molecule has 0 rings (SSSR count). The molecule has 156 valence electrons. The molecular formula is C24H48O2. The summed E-state index contributed by atoms with van der Waals surface area (Å²) in [4.78, 5) is 12.1. The Labute approximate surface area is 164 Å². The van der Waals surface area contributed by atoms with Gasteiger partial charge < -0.3 is 5.11 Å². The van der Waals surface area contributed by atoms with Crippen molar-refractivity contribution in [2.24, 2.45) is 11.3 Å². The maximum atomic E-state index is 12.1. The minimum absolute atomic E-state index is 0.358.